The van der Waals surface area contributed by atoms with Crippen LogP contribution in [0.4, 0.5) is 5.69 Å². The summed E-state index contributed by atoms with van der Waals surface area (Å²) in [6.45, 7) is 0. The van der Waals surface area contributed by atoms with Crippen LogP contribution in [-0.2, 0) is 4.79 Å². The van der Waals surface area contributed by atoms with E-state index in [0.717, 1.165) is 12.8 Å². The molecule has 19 heavy (non-hydrogen) atoms. The van der Waals surface area contributed by atoms with Crippen LogP contribution in [0.2, 0.25) is 5.02 Å². The summed E-state index contributed by atoms with van der Waals surface area (Å²) in [4.78, 5) is 12.2. The predicted octanol–water partition coefficient (Wildman–Crippen LogP) is 3.49. The van der Waals surface area contributed by atoms with Crippen molar-refractivity contribution in [1.82, 2.24) is 0 Å². The molecule has 1 amide bonds. The van der Waals surface area contributed by atoms with Crippen molar-refractivity contribution in [3.63, 3.8) is 0 Å². The van der Waals surface area contributed by atoms with E-state index < -0.39 is 0 Å². The Balaban J connectivity index is 1.98. The van der Waals surface area contributed by atoms with Crippen molar-refractivity contribution in [2.24, 2.45) is 11.7 Å². The smallest absolute Gasteiger partial charge is 0.224 e. The number of amides is 1. The molecule has 0 aromatic heterocycles. The van der Waals surface area contributed by atoms with Gasteiger partial charge in [0, 0.05) is 12.0 Å². The highest BCUT2D eigenvalue weighted by Crippen LogP contribution is 2.29. The van der Waals surface area contributed by atoms with E-state index in [-0.39, 0.29) is 5.91 Å². The average Bonchev–Trinajstić information content (AvgIpc) is 2.84. The molecule has 0 radical (unpaired) electrons. The highest BCUT2D eigenvalue weighted by Gasteiger charge is 2.18. The van der Waals surface area contributed by atoms with Crippen LogP contribution in [0.1, 0.15) is 37.7 Å². The van der Waals surface area contributed by atoms with E-state index in [1.165, 1.54) is 12.8 Å². The number of thiocarbonyl (C=S) groups is 1. The number of halogens is 1. The minimum Gasteiger partial charge on any atom is -0.389 e. The molecule has 102 valence electrons. The minimum absolute atomic E-state index is 0.0249. The summed E-state index contributed by atoms with van der Waals surface area (Å²) in [5.74, 6) is 0.548. The van der Waals surface area contributed by atoms with Gasteiger partial charge in [0.05, 0.1) is 10.7 Å². The number of nitrogens with two attached hydrogens (primary N) is 1. The van der Waals surface area contributed by atoms with Crippen molar-refractivity contribution >= 4 is 40.4 Å². The molecule has 1 aromatic carbocycles. The van der Waals surface area contributed by atoms with Crippen molar-refractivity contribution in [3.8, 4) is 0 Å². The third kappa shape index (κ3) is 3.91. The Morgan fingerprint density at radius 2 is 2.11 bits per heavy atom. The van der Waals surface area contributed by atoms with Crippen molar-refractivity contribution in [3.05, 3.63) is 28.8 Å². The highest BCUT2D eigenvalue weighted by molar-refractivity contribution is 7.80. The molecule has 3 N–H and O–H groups in total. The van der Waals surface area contributed by atoms with E-state index in [1.54, 1.807) is 18.2 Å². The quantitative estimate of drug-likeness (QED) is 0.836. The average molecular weight is 297 g/mol. The Bertz CT molecular complexity index is 498. The predicted molar refractivity (Wildman–Crippen MR) is 82.5 cm³/mol. The maximum atomic E-state index is 11.9. The second-order valence-corrected chi connectivity index (χ2v) is 5.81. The molecule has 0 spiro atoms. The van der Waals surface area contributed by atoms with Gasteiger partial charge in [-0.25, -0.2) is 0 Å². The fourth-order valence-electron chi connectivity index (χ4n) is 2.45. The lowest BCUT2D eigenvalue weighted by Gasteiger charge is -2.11. The van der Waals surface area contributed by atoms with Gasteiger partial charge in [-0.15, -0.1) is 0 Å². The van der Waals surface area contributed by atoms with Gasteiger partial charge in [0.2, 0.25) is 5.91 Å². The van der Waals surface area contributed by atoms with Crippen molar-refractivity contribution < 1.29 is 4.79 Å². The molecule has 3 nitrogen and oxygen atoms in total. The topological polar surface area (TPSA) is 55.1 Å². The molecule has 0 heterocycles. The van der Waals surface area contributed by atoms with Crippen molar-refractivity contribution in [2.45, 2.75) is 32.1 Å². The van der Waals surface area contributed by atoms with Gasteiger partial charge < -0.3 is 11.1 Å². The van der Waals surface area contributed by atoms with E-state index in [9.17, 15) is 4.79 Å². The molecule has 1 aliphatic rings. The van der Waals surface area contributed by atoms with Gasteiger partial charge in [-0.1, -0.05) is 36.7 Å². The van der Waals surface area contributed by atoms with Gasteiger partial charge in [-0.2, -0.15) is 0 Å². The van der Waals surface area contributed by atoms with E-state index in [1.807, 2.05) is 0 Å². The van der Waals surface area contributed by atoms with Gasteiger partial charge in [0.1, 0.15) is 4.99 Å². The number of benzene rings is 1. The maximum absolute atomic E-state index is 11.9. The van der Waals surface area contributed by atoms with Crippen LogP contribution in [0.5, 0.6) is 0 Å². The molecule has 0 bridgehead atoms. The van der Waals surface area contributed by atoms with Gasteiger partial charge in [0.25, 0.3) is 0 Å². The largest absolute Gasteiger partial charge is 0.389 e. The van der Waals surface area contributed by atoms with Crippen LogP contribution in [0.25, 0.3) is 0 Å². The van der Waals surface area contributed by atoms with E-state index in [4.69, 9.17) is 29.6 Å². The number of hydrogen-bond acceptors (Lipinski definition) is 2. The van der Waals surface area contributed by atoms with Crippen molar-refractivity contribution in [1.29, 1.82) is 0 Å². The first-order chi connectivity index (χ1) is 9.06. The molecule has 1 saturated carbocycles. The Kier molecular flexibility index (Phi) is 4.77. The lowest BCUT2D eigenvalue weighted by atomic mass is 10.0. The summed E-state index contributed by atoms with van der Waals surface area (Å²) in [7, 11) is 0. The monoisotopic (exact) mass is 296 g/mol. The normalized spacial score (nSPS) is 15.4. The lowest BCUT2D eigenvalue weighted by molar-refractivity contribution is -0.117. The van der Waals surface area contributed by atoms with E-state index in [0.29, 0.717) is 33.6 Å². The Morgan fingerprint density at radius 3 is 2.68 bits per heavy atom. The SMILES string of the molecule is NC(=S)c1ccc(NC(=O)CC2CCCC2)c(Cl)c1. The summed E-state index contributed by atoms with van der Waals surface area (Å²) < 4.78 is 0. The number of nitrogens with one attached hydrogen (secondary N) is 1. The number of carbonyl (C=O) groups excluding carboxylic acids is 1. The van der Waals surface area contributed by atoms with E-state index in [2.05, 4.69) is 5.32 Å². The molecular formula is C14H17ClN2OS. The fourth-order valence-corrected chi connectivity index (χ4v) is 2.80. The third-order valence-electron chi connectivity index (χ3n) is 3.48. The number of anilines is 1. The summed E-state index contributed by atoms with van der Waals surface area (Å²) in [5, 5.41) is 3.31. The Hall–Kier alpha value is -1.13. The summed E-state index contributed by atoms with van der Waals surface area (Å²) in [5.41, 5.74) is 6.85. The zero-order valence-corrected chi connectivity index (χ0v) is 12.2. The fraction of sp³-hybridized carbons (Fsp3) is 0.429. The number of hydrogen-bond donors (Lipinski definition) is 2. The van der Waals surface area contributed by atoms with Crippen molar-refractivity contribution in [2.75, 3.05) is 5.32 Å². The summed E-state index contributed by atoms with van der Waals surface area (Å²) in [6.07, 6.45) is 5.36. The molecular weight excluding hydrogens is 280 g/mol. The van der Waals surface area contributed by atoms with Gasteiger partial charge in [0.15, 0.2) is 0 Å². The molecule has 1 aliphatic carbocycles. The first-order valence-corrected chi connectivity index (χ1v) is 7.24. The lowest BCUT2D eigenvalue weighted by Crippen LogP contribution is -2.16. The molecule has 5 heteroatoms. The molecule has 0 aliphatic heterocycles. The van der Waals surface area contributed by atoms with Crippen LogP contribution >= 0.6 is 23.8 Å². The van der Waals surface area contributed by atoms with Crippen LogP contribution in [0, 0.1) is 5.92 Å². The summed E-state index contributed by atoms with van der Waals surface area (Å²) in [6, 6.07) is 5.18. The number of rotatable bonds is 4. The molecule has 0 atom stereocenters. The molecule has 1 fully saturated rings. The molecule has 2 rings (SSSR count). The highest BCUT2D eigenvalue weighted by atomic mass is 35.5. The first kappa shape index (κ1) is 14.3. The molecule has 0 unspecified atom stereocenters. The number of carbonyl (C=O) groups is 1. The molecule has 1 aromatic rings. The minimum atomic E-state index is 0.0249. The maximum Gasteiger partial charge on any atom is 0.224 e. The van der Waals surface area contributed by atoms with Gasteiger partial charge >= 0.3 is 0 Å². The van der Waals surface area contributed by atoms with Crippen LogP contribution < -0.4 is 11.1 Å². The van der Waals surface area contributed by atoms with Crippen LogP contribution in [0.15, 0.2) is 18.2 Å². The molecule has 0 saturated heterocycles. The second-order valence-electron chi connectivity index (χ2n) is 4.96. The third-order valence-corrected chi connectivity index (χ3v) is 4.02. The van der Waals surface area contributed by atoms with E-state index >= 15 is 0 Å². The zero-order valence-electron chi connectivity index (χ0n) is 10.6. The first-order valence-electron chi connectivity index (χ1n) is 6.45. The Labute approximate surface area is 123 Å². The second kappa shape index (κ2) is 6.35. The standard InChI is InChI=1S/C14H17ClN2OS/c15-11-8-10(14(16)19)5-6-12(11)17-13(18)7-9-3-1-2-4-9/h5-6,8-9H,1-4,7H2,(H2,16,19)(H,17,18). The summed E-state index contributed by atoms with van der Waals surface area (Å²) >= 11 is 11.0. The zero-order chi connectivity index (χ0) is 13.8. The van der Waals surface area contributed by atoms with Gasteiger partial charge in [-0.3, -0.25) is 4.79 Å². The van der Waals surface area contributed by atoms with Crippen LogP contribution in [0.3, 0.4) is 0 Å². The van der Waals surface area contributed by atoms with Crippen LogP contribution in [-0.4, -0.2) is 10.9 Å². The Morgan fingerprint density at radius 1 is 1.42 bits per heavy atom. The van der Waals surface area contributed by atoms with Gasteiger partial charge in [-0.05, 0) is 37.0 Å².